The fourth-order valence-corrected chi connectivity index (χ4v) is 4.07. The second kappa shape index (κ2) is 6.48. The molecular weight excluding hydrogens is 307 g/mol. The average molecular weight is 332 g/mol. The summed E-state index contributed by atoms with van der Waals surface area (Å²) in [6, 6.07) is 6.71. The molecule has 0 aliphatic carbocycles. The van der Waals surface area contributed by atoms with Crippen LogP contribution in [0.1, 0.15) is 39.2 Å². The summed E-state index contributed by atoms with van der Waals surface area (Å²) in [6.45, 7) is 6.87. The highest BCUT2D eigenvalue weighted by Crippen LogP contribution is 2.56. The van der Waals surface area contributed by atoms with E-state index in [1.54, 1.807) is 12.1 Å². The molecule has 0 saturated carbocycles. The average Bonchev–Trinajstić information content (AvgIpc) is 3.01. The van der Waals surface area contributed by atoms with E-state index in [-0.39, 0.29) is 36.2 Å². The number of hydrogen-bond acceptors (Lipinski definition) is 3. The van der Waals surface area contributed by atoms with Gasteiger partial charge in [0.05, 0.1) is 24.4 Å². The van der Waals surface area contributed by atoms with Crippen molar-refractivity contribution in [1.82, 2.24) is 0 Å². The summed E-state index contributed by atoms with van der Waals surface area (Å²) in [5.74, 6) is 2.58. The fourth-order valence-electron chi connectivity index (χ4n) is 4.07. The van der Waals surface area contributed by atoms with Crippen LogP contribution in [0, 0.1) is 24.1 Å². The van der Waals surface area contributed by atoms with Crippen molar-refractivity contribution < 1.29 is 18.6 Å². The summed E-state index contributed by atoms with van der Waals surface area (Å²) in [5, 5.41) is 0. The van der Waals surface area contributed by atoms with E-state index in [0.717, 1.165) is 12.8 Å². The van der Waals surface area contributed by atoms with E-state index in [0.29, 0.717) is 12.2 Å². The molecule has 2 fully saturated rings. The highest BCUT2D eigenvalue weighted by Gasteiger charge is 2.66. The molecule has 0 aromatic heterocycles. The van der Waals surface area contributed by atoms with Gasteiger partial charge in [-0.3, -0.25) is 0 Å². The molecule has 3 nitrogen and oxygen atoms in total. The number of rotatable bonds is 6. The summed E-state index contributed by atoms with van der Waals surface area (Å²) < 4.78 is 32.2. The van der Waals surface area contributed by atoms with Crippen LogP contribution in [0.3, 0.4) is 0 Å². The number of benzene rings is 1. The van der Waals surface area contributed by atoms with Crippen molar-refractivity contribution in [3.05, 3.63) is 35.6 Å². The molecule has 24 heavy (non-hydrogen) atoms. The zero-order chi connectivity index (χ0) is 17.4. The molecule has 1 aromatic rings. The van der Waals surface area contributed by atoms with Crippen molar-refractivity contribution in [2.75, 3.05) is 6.61 Å². The van der Waals surface area contributed by atoms with Crippen molar-refractivity contribution in [3.8, 4) is 12.3 Å². The second-order valence-corrected chi connectivity index (χ2v) is 7.33. The maximum atomic E-state index is 13.8. The van der Waals surface area contributed by atoms with E-state index < -0.39 is 5.60 Å². The third kappa shape index (κ3) is 2.86. The van der Waals surface area contributed by atoms with E-state index in [1.165, 1.54) is 6.07 Å². The Labute approximate surface area is 143 Å². The molecule has 2 aliphatic rings. The molecular formula is C20H25FO3. The standard InChI is InChI=1S/C20H25FO3/c1-5-10-22-18-11-19(4)17(12-20(18,24-19)14(2)3)23-13-15-8-6-7-9-16(15)21/h1,6-9,14,17-18H,10-13H2,2-4H3/t17-,18+,19+,20-/m1/s1. The van der Waals surface area contributed by atoms with E-state index in [4.69, 9.17) is 20.6 Å². The summed E-state index contributed by atoms with van der Waals surface area (Å²) in [5.41, 5.74) is -0.233. The van der Waals surface area contributed by atoms with Crippen molar-refractivity contribution in [2.24, 2.45) is 5.92 Å². The molecule has 0 radical (unpaired) electrons. The van der Waals surface area contributed by atoms with Crippen molar-refractivity contribution >= 4 is 0 Å². The van der Waals surface area contributed by atoms with Gasteiger partial charge in [-0.1, -0.05) is 38.0 Å². The summed E-state index contributed by atoms with van der Waals surface area (Å²) in [4.78, 5) is 0. The first-order chi connectivity index (χ1) is 11.4. The Morgan fingerprint density at radius 3 is 2.71 bits per heavy atom. The lowest BCUT2D eigenvalue weighted by Gasteiger charge is -2.38. The number of halogens is 1. The van der Waals surface area contributed by atoms with E-state index in [1.807, 2.05) is 6.07 Å². The Bertz CT molecular complexity index is 638. The van der Waals surface area contributed by atoms with Gasteiger partial charge in [-0.25, -0.2) is 4.39 Å². The van der Waals surface area contributed by atoms with Crippen LogP contribution >= 0.6 is 0 Å². The van der Waals surface area contributed by atoms with Crippen LogP contribution in [0.4, 0.5) is 4.39 Å². The summed E-state index contributed by atoms with van der Waals surface area (Å²) >= 11 is 0. The number of fused-ring (bicyclic) bond motifs is 2. The molecule has 0 unspecified atom stereocenters. The van der Waals surface area contributed by atoms with Gasteiger partial charge in [-0.2, -0.15) is 0 Å². The minimum absolute atomic E-state index is 0.0214. The first-order valence-corrected chi connectivity index (χ1v) is 8.51. The minimum atomic E-state index is -0.422. The molecule has 130 valence electrons. The van der Waals surface area contributed by atoms with Gasteiger partial charge in [0.25, 0.3) is 0 Å². The van der Waals surface area contributed by atoms with Crippen LogP contribution in [-0.2, 0) is 20.8 Å². The van der Waals surface area contributed by atoms with Gasteiger partial charge in [0.2, 0.25) is 0 Å². The molecule has 1 aromatic carbocycles. The van der Waals surface area contributed by atoms with Gasteiger partial charge in [0.1, 0.15) is 18.0 Å². The Kier molecular flexibility index (Phi) is 4.70. The van der Waals surface area contributed by atoms with E-state index in [9.17, 15) is 4.39 Å². The lowest BCUT2D eigenvalue weighted by Crippen LogP contribution is -2.48. The third-order valence-electron chi connectivity index (χ3n) is 5.49. The third-order valence-corrected chi connectivity index (χ3v) is 5.49. The molecule has 0 spiro atoms. The SMILES string of the molecule is C#CCO[C@H]1C[C@]2(C)O[C@@]1(C(C)C)C[C@H]2OCc1ccccc1F. The lowest BCUT2D eigenvalue weighted by atomic mass is 9.73. The van der Waals surface area contributed by atoms with Gasteiger partial charge in [-0.05, 0) is 18.9 Å². The molecule has 2 heterocycles. The predicted octanol–water partition coefficient (Wildman–Crippen LogP) is 3.71. The van der Waals surface area contributed by atoms with Gasteiger partial charge in [0.15, 0.2) is 0 Å². The van der Waals surface area contributed by atoms with Gasteiger partial charge >= 0.3 is 0 Å². The largest absolute Gasteiger partial charge is 0.370 e. The highest BCUT2D eigenvalue weighted by molar-refractivity contribution is 5.18. The van der Waals surface area contributed by atoms with Crippen molar-refractivity contribution in [2.45, 2.75) is 63.6 Å². The number of hydrogen-bond donors (Lipinski definition) is 0. The van der Waals surface area contributed by atoms with Gasteiger partial charge in [0, 0.05) is 18.4 Å². The Morgan fingerprint density at radius 1 is 1.29 bits per heavy atom. The Hall–Kier alpha value is -1.41. The van der Waals surface area contributed by atoms with E-state index in [2.05, 4.69) is 26.7 Å². The van der Waals surface area contributed by atoms with Crippen LogP contribution in [-0.4, -0.2) is 30.0 Å². The molecule has 4 atom stereocenters. The molecule has 4 heteroatoms. The zero-order valence-corrected chi connectivity index (χ0v) is 14.5. The number of terminal acetylenes is 1. The quantitative estimate of drug-likeness (QED) is 0.743. The van der Waals surface area contributed by atoms with E-state index >= 15 is 0 Å². The van der Waals surface area contributed by atoms with Crippen LogP contribution in [0.5, 0.6) is 0 Å². The summed E-state index contributed by atoms with van der Waals surface area (Å²) in [6.07, 6.45) is 6.72. The maximum absolute atomic E-state index is 13.8. The molecule has 3 rings (SSSR count). The zero-order valence-electron chi connectivity index (χ0n) is 14.5. The van der Waals surface area contributed by atoms with Crippen LogP contribution in [0.2, 0.25) is 0 Å². The van der Waals surface area contributed by atoms with Crippen molar-refractivity contribution in [1.29, 1.82) is 0 Å². The first kappa shape index (κ1) is 17.4. The van der Waals surface area contributed by atoms with Gasteiger partial charge < -0.3 is 14.2 Å². The highest BCUT2D eigenvalue weighted by atomic mass is 19.1. The molecule has 0 amide bonds. The normalized spacial score (nSPS) is 34.7. The Morgan fingerprint density at radius 2 is 2.04 bits per heavy atom. The minimum Gasteiger partial charge on any atom is -0.370 e. The molecule has 2 saturated heterocycles. The van der Waals surface area contributed by atoms with Crippen LogP contribution in [0.15, 0.2) is 24.3 Å². The molecule has 2 bridgehead atoms. The van der Waals surface area contributed by atoms with Gasteiger partial charge in [-0.15, -0.1) is 6.42 Å². The van der Waals surface area contributed by atoms with Crippen LogP contribution in [0.25, 0.3) is 0 Å². The van der Waals surface area contributed by atoms with Crippen molar-refractivity contribution in [3.63, 3.8) is 0 Å². The smallest absolute Gasteiger partial charge is 0.128 e. The first-order valence-electron chi connectivity index (χ1n) is 8.51. The lowest BCUT2D eigenvalue weighted by molar-refractivity contribution is -0.115. The maximum Gasteiger partial charge on any atom is 0.128 e. The Balaban J connectivity index is 1.72. The topological polar surface area (TPSA) is 27.7 Å². The summed E-state index contributed by atoms with van der Waals surface area (Å²) in [7, 11) is 0. The molecule has 0 N–H and O–H groups in total. The second-order valence-electron chi connectivity index (χ2n) is 7.33. The predicted molar refractivity (Wildman–Crippen MR) is 89.8 cm³/mol. The van der Waals surface area contributed by atoms with Crippen LogP contribution < -0.4 is 0 Å². The molecule has 2 aliphatic heterocycles. The number of ether oxygens (including phenoxy) is 3. The monoisotopic (exact) mass is 332 g/mol. The fraction of sp³-hybridized carbons (Fsp3) is 0.600.